The summed E-state index contributed by atoms with van der Waals surface area (Å²) >= 11 is 0. The Morgan fingerprint density at radius 2 is 1.11 bits per heavy atom. The molecule has 6 nitrogen and oxygen atoms in total. The molecule has 0 saturated heterocycles. The zero-order valence-corrected chi connectivity index (χ0v) is 12.1. The highest BCUT2D eigenvalue weighted by atomic mass is 32.2. The fourth-order valence-corrected chi connectivity index (χ4v) is 4.82. The second-order valence-electron chi connectivity index (χ2n) is 5.44. The minimum atomic E-state index is -4.00. The summed E-state index contributed by atoms with van der Waals surface area (Å²) in [6, 6.07) is 0. The van der Waals surface area contributed by atoms with Gasteiger partial charge in [-0.15, -0.1) is 0 Å². The minimum Gasteiger partial charge on any atom is -0.286 e. The first-order chi connectivity index (χ1) is 7.98. The Balaban J connectivity index is 2.71. The van der Waals surface area contributed by atoms with Gasteiger partial charge in [0.2, 0.25) is 0 Å². The highest BCUT2D eigenvalue weighted by molar-refractivity contribution is 7.86. The van der Waals surface area contributed by atoms with Crippen LogP contribution in [-0.2, 0) is 20.2 Å². The summed E-state index contributed by atoms with van der Waals surface area (Å²) in [5, 5.41) is 0. The standard InChI is InChI=1S/C10H20O6S2/c1-7-3-10(6-18(14,15)16)8(2)4-9(7)5-17(11,12)13/h7-10H,3-6H2,1-2H3,(H,11,12,13)(H,14,15,16)/t7-,8-,9-,10-/m1/s1. The van der Waals surface area contributed by atoms with Gasteiger partial charge in [-0.25, -0.2) is 0 Å². The molecule has 1 aliphatic carbocycles. The van der Waals surface area contributed by atoms with Crippen LogP contribution in [0.2, 0.25) is 0 Å². The van der Waals surface area contributed by atoms with E-state index in [-0.39, 0.29) is 35.2 Å². The normalized spacial score (nSPS) is 34.4. The Morgan fingerprint density at radius 1 is 0.833 bits per heavy atom. The van der Waals surface area contributed by atoms with Crippen molar-refractivity contribution in [2.45, 2.75) is 26.7 Å². The van der Waals surface area contributed by atoms with Crippen LogP contribution in [0, 0.1) is 23.7 Å². The van der Waals surface area contributed by atoms with Gasteiger partial charge in [0.1, 0.15) is 0 Å². The largest absolute Gasteiger partial charge is 0.286 e. The van der Waals surface area contributed by atoms with Gasteiger partial charge in [0.25, 0.3) is 20.2 Å². The molecule has 0 bridgehead atoms. The topological polar surface area (TPSA) is 109 Å². The van der Waals surface area contributed by atoms with Gasteiger partial charge in [-0.3, -0.25) is 9.11 Å². The van der Waals surface area contributed by atoms with E-state index in [0.29, 0.717) is 12.8 Å². The summed E-state index contributed by atoms with van der Waals surface area (Å²) in [6.45, 7) is 3.69. The fraction of sp³-hybridized carbons (Fsp3) is 1.00. The van der Waals surface area contributed by atoms with E-state index in [2.05, 4.69) is 0 Å². The highest BCUT2D eigenvalue weighted by Gasteiger charge is 2.36. The molecular weight excluding hydrogens is 280 g/mol. The van der Waals surface area contributed by atoms with Gasteiger partial charge in [-0.05, 0) is 36.5 Å². The van der Waals surface area contributed by atoms with Gasteiger partial charge >= 0.3 is 0 Å². The Bertz CT molecular complexity index is 434. The third-order valence-electron chi connectivity index (χ3n) is 3.81. The number of hydrogen-bond acceptors (Lipinski definition) is 4. The van der Waals surface area contributed by atoms with Crippen LogP contribution in [0.1, 0.15) is 26.7 Å². The van der Waals surface area contributed by atoms with E-state index in [1.807, 2.05) is 13.8 Å². The lowest BCUT2D eigenvalue weighted by Gasteiger charge is -2.37. The smallest absolute Gasteiger partial charge is 0.265 e. The average Bonchev–Trinajstić information content (AvgIpc) is 2.08. The molecule has 0 spiro atoms. The maximum atomic E-state index is 10.9. The van der Waals surface area contributed by atoms with Gasteiger partial charge < -0.3 is 0 Å². The van der Waals surface area contributed by atoms with Crippen LogP contribution in [0.25, 0.3) is 0 Å². The van der Waals surface area contributed by atoms with E-state index in [1.54, 1.807) is 0 Å². The van der Waals surface area contributed by atoms with Crippen molar-refractivity contribution in [1.82, 2.24) is 0 Å². The summed E-state index contributed by atoms with van der Waals surface area (Å²) < 4.78 is 61.3. The van der Waals surface area contributed by atoms with E-state index >= 15 is 0 Å². The van der Waals surface area contributed by atoms with Crippen molar-refractivity contribution in [2.24, 2.45) is 23.7 Å². The summed E-state index contributed by atoms with van der Waals surface area (Å²) in [5.74, 6) is -0.862. The van der Waals surface area contributed by atoms with Crippen molar-refractivity contribution < 1.29 is 25.9 Å². The van der Waals surface area contributed by atoms with Crippen LogP contribution in [0.4, 0.5) is 0 Å². The van der Waals surface area contributed by atoms with Crippen molar-refractivity contribution in [3.05, 3.63) is 0 Å². The van der Waals surface area contributed by atoms with Crippen LogP contribution >= 0.6 is 0 Å². The van der Waals surface area contributed by atoms with E-state index in [9.17, 15) is 16.8 Å². The molecule has 0 unspecified atom stereocenters. The molecule has 18 heavy (non-hydrogen) atoms. The molecule has 2 N–H and O–H groups in total. The van der Waals surface area contributed by atoms with E-state index in [4.69, 9.17) is 9.11 Å². The molecular formula is C10H20O6S2. The summed E-state index contributed by atoms with van der Waals surface area (Å²) in [6.07, 6.45) is 1.09. The Morgan fingerprint density at radius 3 is 1.33 bits per heavy atom. The molecule has 108 valence electrons. The predicted octanol–water partition coefficient (Wildman–Crippen LogP) is 1.06. The second kappa shape index (κ2) is 5.44. The SMILES string of the molecule is C[C@@H]1C[C@H](CS(=O)(=O)O)[C@H](C)C[C@@H]1CS(=O)(=O)O. The first kappa shape index (κ1) is 15.9. The summed E-state index contributed by atoms with van der Waals surface area (Å²) in [5.41, 5.74) is 0. The van der Waals surface area contributed by atoms with Crippen molar-refractivity contribution in [3.8, 4) is 0 Å². The third-order valence-corrected chi connectivity index (χ3v) is 5.51. The molecule has 0 aromatic rings. The quantitative estimate of drug-likeness (QED) is 0.751. The minimum absolute atomic E-state index is 0.00914. The van der Waals surface area contributed by atoms with Crippen molar-refractivity contribution in [3.63, 3.8) is 0 Å². The van der Waals surface area contributed by atoms with Crippen LogP contribution < -0.4 is 0 Å². The fourth-order valence-electron chi connectivity index (χ4n) is 2.81. The van der Waals surface area contributed by atoms with Crippen molar-refractivity contribution >= 4 is 20.2 Å². The van der Waals surface area contributed by atoms with Crippen LogP contribution in [0.15, 0.2) is 0 Å². The number of rotatable bonds is 4. The Hall–Kier alpha value is -0.180. The van der Waals surface area contributed by atoms with Crippen LogP contribution in [0.5, 0.6) is 0 Å². The van der Waals surface area contributed by atoms with Gasteiger partial charge in [-0.2, -0.15) is 16.8 Å². The average molecular weight is 300 g/mol. The summed E-state index contributed by atoms with van der Waals surface area (Å²) in [4.78, 5) is 0. The van der Waals surface area contributed by atoms with Gasteiger partial charge in [-0.1, -0.05) is 13.8 Å². The zero-order chi connectivity index (χ0) is 14.1. The lowest BCUT2D eigenvalue weighted by Crippen LogP contribution is -2.36. The van der Waals surface area contributed by atoms with Crippen molar-refractivity contribution in [1.29, 1.82) is 0 Å². The number of hydrogen-bond donors (Lipinski definition) is 2. The lowest BCUT2D eigenvalue weighted by molar-refractivity contribution is 0.157. The molecule has 1 saturated carbocycles. The van der Waals surface area contributed by atoms with Gasteiger partial charge in [0, 0.05) is 0 Å². The van der Waals surface area contributed by atoms with Crippen molar-refractivity contribution in [2.75, 3.05) is 11.5 Å². The third kappa shape index (κ3) is 5.21. The molecule has 1 rings (SSSR count). The molecule has 1 aliphatic rings. The second-order valence-corrected chi connectivity index (χ2v) is 8.44. The lowest BCUT2D eigenvalue weighted by atomic mass is 9.71. The first-order valence-corrected chi connectivity index (χ1v) is 9.10. The van der Waals surface area contributed by atoms with E-state index in [1.165, 1.54) is 0 Å². The molecule has 0 aromatic carbocycles. The zero-order valence-electron chi connectivity index (χ0n) is 10.5. The molecule has 0 radical (unpaired) electrons. The maximum absolute atomic E-state index is 10.9. The molecule has 1 fully saturated rings. The summed E-state index contributed by atoms with van der Waals surface area (Å²) in [7, 11) is -8.00. The predicted molar refractivity (Wildman–Crippen MR) is 67.4 cm³/mol. The highest BCUT2D eigenvalue weighted by Crippen LogP contribution is 2.38. The van der Waals surface area contributed by atoms with Gasteiger partial charge in [0.05, 0.1) is 11.5 Å². The van der Waals surface area contributed by atoms with Crippen LogP contribution in [0.3, 0.4) is 0 Å². The van der Waals surface area contributed by atoms with Gasteiger partial charge in [0.15, 0.2) is 0 Å². The van der Waals surface area contributed by atoms with E-state index in [0.717, 1.165) is 0 Å². The van der Waals surface area contributed by atoms with Crippen LogP contribution in [-0.4, -0.2) is 37.4 Å². The molecule has 0 heterocycles. The Labute approximate surface area is 108 Å². The molecule has 4 atom stereocenters. The molecule has 0 aliphatic heterocycles. The molecule has 0 aromatic heterocycles. The molecule has 8 heteroatoms. The first-order valence-electron chi connectivity index (χ1n) is 5.88. The van der Waals surface area contributed by atoms with E-state index < -0.39 is 20.2 Å². The maximum Gasteiger partial charge on any atom is 0.265 e. The monoisotopic (exact) mass is 300 g/mol. The molecule has 0 amide bonds. The Kier molecular flexibility index (Phi) is 4.80.